The maximum atomic E-state index is 5.46. The number of fused-ring (bicyclic) bond motifs is 1. The molecule has 2 atom stereocenters. The summed E-state index contributed by atoms with van der Waals surface area (Å²) < 4.78 is 10.8. The van der Waals surface area contributed by atoms with Gasteiger partial charge in [0.25, 0.3) is 0 Å². The summed E-state index contributed by atoms with van der Waals surface area (Å²) in [4.78, 5) is 4.08. The van der Waals surface area contributed by atoms with Gasteiger partial charge in [-0.1, -0.05) is 13.0 Å². The van der Waals surface area contributed by atoms with Crippen molar-refractivity contribution < 1.29 is 9.47 Å². The lowest BCUT2D eigenvalue weighted by molar-refractivity contribution is 0.174. The van der Waals surface area contributed by atoms with Crippen molar-refractivity contribution in [2.45, 2.75) is 18.9 Å². The monoisotopic (exact) mass is 270 g/mol. The largest absolute Gasteiger partial charge is 0.454 e. The highest BCUT2D eigenvalue weighted by Gasteiger charge is 2.22. The van der Waals surface area contributed by atoms with Gasteiger partial charge >= 0.3 is 0 Å². The number of nitrogens with one attached hydrogen (secondary N) is 1. The van der Waals surface area contributed by atoms with Crippen LogP contribution in [0.4, 0.5) is 0 Å². The van der Waals surface area contributed by atoms with E-state index >= 15 is 0 Å². The van der Waals surface area contributed by atoms with Gasteiger partial charge in [0, 0.05) is 24.4 Å². The SMILES string of the molecule is CNC(c1ccc2c(c1)OCO2)C(C)c1ccncc1. The minimum absolute atomic E-state index is 0.215. The fourth-order valence-electron chi connectivity index (χ4n) is 2.67. The lowest BCUT2D eigenvalue weighted by Gasteiger charge is -2.24. The van der Waals surface area contributed by atoms with E-state index in [4.69, 9.17) is 9.47 Å². The van der Waals surface area contributed by atoms with E-state index in [9.17, 15) is 0 Å². The highest BCUT2D eigenvalue weighted by Crippen LogP contribution is 2.37. The molecule has 0 saturated carbocycles. The standard InChI is InChI=1S/C16H18N2O2/c1-11(12-5-7-18-8-6-12)16(17-2)13-3-4-14-15(9-13)20-10-19-14/h3-9,11,16-17H,10H2,1-2H3. The lowest BCUT2D eigenvalue weighted by Crippen LogP contribution is -2.22. The zero-order valence-corrected chi connectivity index (χ0v) is 11.7. The lowest BCUT2D eigenvalue weighted by atomic mass is 9.89. The molecule has 0 aliphatic carbocycles. The summed E-state index contributed by atoms with van der Waals surface area (Å²) in [5.41, 5.74) is 2.46. The molecule has 20 heavy (non-hydrogen) atoms. The van der Waals surface area contributed by atoms with Crippen LogP contribution in [0.25, 0.3) is 0 Å². The normalized spacial score (nSPS) is 15.9. The molecule has 0 fully saturated rings. The van der Waals surface area contributed by atoms with Gasteiger partial charge in [-0.05, 0) is 42.4 Å². The van der Waals surface area contributed by atoms with Crippen LogP contribution < -0.4 is 14.8 Å². The van der Waals surface area contributed by atoms with E-state index in [-0.39, 0.29) is 6.04 Å². The minimum atomic E-state index is 0.215. The Morgan fingerprint density at radius 1 is 1.05 bits per heavy atom. The van der Waals surface area contributed by atoms with Crippen LogP contribution in [-0.4, -0.2) is 18.8 Å². The highest BCUT2D eigenvalue weighted by molar-refractivity contribution is 5.46. The number of hydrogen-bond acceptors (Lipinski definition) is 4. The van der Waals surface area contributed by atoms with Gasteiger partial charge in [-0.3, -0.25) is 4.98 Å². The van der Waals surface area contributed by atoms with Gasteiger partial charge in [-0.15, -0.1) is 0 Å². The van der Waals surface area contributed by atoms with Crippen LogP contribution in [0.1, 0.15) is 30.0 Å². The first-order chi connectivity index (χ1) is 9.79. The fourth-order valence-corrected chi connectivity index (χ4v) is 2.67. The molecule has 0 radical (unpaired) electrons. The van der Waals surface area contributed by atoms with Crippen molar-refractivity contribution in [3.63, 3.8) is 0 Å². The van der Waals surface area contributed by atoms with E-state index in [1.165, 1.54) is 11.1 Å². The number of rotatable bonds is 4. The summed E-state index contributed by atoms with van der Waals surface area (Å²) in [5, 5.41) is 3.39. The molecular weight excluding hydrogens is 252 g/mol. The predicted molar refractivity (Wildman–Crippen MR) is 77.0 cm³/mol. The maximum Gasteiger partial charge on any atom is 0.231 e. The molecule has 1 aliphatic rings. The Balaban J connectivity index is 1.90. The number of pyridine rings is 1. The molecule has 0 spiro atoms. The topological polar surface area (TPSA) is 43.4 Å². The summed E-state index contributed by atoms with van der Waals surface area (Å²) in [6.07, 6.45) is 3.66. The maximum absolute atomic E-state index is 5.46. The van der Waals surface area contributed by atoms with Crippen molar-refractivity contribution >= 4 is 0 Å². The second kappa shape index (κ2) is 5.51. The molecule has 0 bridgehead atoms. The number of benzene rings is 1. The Morgan fingerprint density at radius 2 is 1.80 bits per heavy atom. The molecule has 1 aliphatic heterocycles. The molecule has 0 amide bonds. The molecule has 2 heterocycles. The van der Waals surface area contributed by atoms with Crippen LogP contribution in [0.2, 0.25) is 0 Å². The first kappa shape index (κ1) is 12.9. The van der Waals surface area contributed by atoms with E-state index in [2.05, 4.69) is 41.5 Å². The van der Waals surface area contributed by atoms with Gasteiger partial charge in [0.1, 0.15) is 0 Å². The second-order valence-corrected chi connectivity index (χ2v) is 4.95. The van der Waals surface area contributed by atoms with Crippen LogP contribution in [-0.2, 0) is 0 Å². The van der Waals surface area contributed by atoms with Crippen LogP contribution in [0.3, 0.4) is 0 Å². The summed E-state index contributed by atoms with van der Waals surface area (Å²) in [6.45, 7) is 2.52. The molecule has 4 nitrogen and oxygen atoms in total. The van der Waals surface area contributed by atoms with E-state index in [1.54, 1.807) is 0 Å². The van der Waals surface area contributed by atoms with Crippen LogP contribution >= 0.6 is 0 Å². The third-order valence-electron chi connectivity index (χ3n) is 3.80. The Bertz CT molecular complexity index is 586. The van der Waals surface area contributed by atoms with Gasteiger partial charge < -0.3 is 14.8 Å². The number of likely N-dealkylation sites (N-methyl/N-ethyl adjacent to an activating group) is 1. The van der Waals surface area contributed by atoms with Gasteiger partial charge in [0.15, 0.2) is 11.5 Å². The van der Waals surface area contributed by atoms with Crippen molar-refractivity contribution in [3.8, 4) is 11.5 Å². The van der Waals surface area contributed by atoms with Crippen molar-refractivity contribution in [1.29, 1.82) is 0 Å². The number of nitrogens with zero attached hydrogens (tertiary/aromatic N) is 1. The Kier molecular flexibility index (Phi) is 3.56. The van der Waals surface area contributed by atoms with E-state index < -0.39 is 0 Å². The van der Waals surface area contributed by atoms with E-state index in [0.29, 0.717) is 12.7 Å². The second-order valence-electron chi connectivity index (χ2n) is 4.95. The number of hydrogen-bond donors (Lipinski definition) is 1. The molecule has 1 aromatic heterocycles. The molecule has 1 N–H and O–H groups in total. The van der Waals surface area contributed by atoms with Crippen molar-refractivity contribution in [3.05, 3.63) is 53.9 Å². The predicted octanol–water partition coefficient (Wildman–Crippen LogP) is 2.87. The summed E-state index contributed by atoms with van der Waals surface area (Å²) in [7, 11) is 1.98. The summed E-state index contributed by atoms with van der Waals surface area (Å²) in [5.74, 6) is 1.98. The number of ether oxygens (including phenoxy) is 2. The highest BCUT2D eigenvalue weighted by atomic mass is 16.7. The zero-order valence-electron chi connectivity index (χ0n) is 11.7. The molecule has 1 aromatic carbocycles. The quantitative estimate of drug-likeness (QED) is 0.927. The van der Waals surface area contributed by atoms with Crippen molar-refractivity contribution in [1.82, 2.24) is 10.3 Å². The number of aromatic nitrogens is 1. The van der Waals surface area contributed by atoms with Gasteiger partial charge in [0.2, 0.25) is 6.79 Å². The van der Waals surface area contributed by atoms with Crippen LogP contribution in [0.5, 0.6) is 11.5 Å². The third kappa shape index (κ3) is 2.34. The van der Waals surface area contributed by atoms with Crippen LogP contribution in [0, 0.1) is 0 Å². The minimum Gasteiger partial charge on any atom is -0.454 e. The fraction of sp³-hybridized carbons (Fsp3) is 0.312. The summed E-state index contributed by atoms with van der Waals surface area (Å²) in [6, 6.07) is 10.4. The summed E-state index contributed by atoms with van der Waals surface area (Å²) >= 11 is 0. The van der Waals surface area contributed by atoms with E-state index in [1.807, 2.05) is 25.5 Å². The van der Waals surface area contributed by atoms with Crippen molar-refractivity contribution in [2.75, 3.05) is 13.8 Å². The molecule has 0 saturated heterocycles. The Morgan fingerprint density at radius 3 is 2.55 bits per heavy atom. The molecule has 3 rings (SSSR count). The average molecular weight is 270 g/mol. The molecule has 4 heteroatoms. The third-order valence-corrected chi connectivity index (χ3v) is 3.80. The van der Waals surface area contributed by atoms with Gasteiger partial charge in [0.05, 0.1) is 0 Å². The molecule has 2 aromatic rings. The molecular formula is C16H18N2O2. The Hall–Kier alpha value is -2.07. The van der Waals surface area contributed by atoms with Crippen molar-refractivity contribution in [2.24, 2.45) is 0 Å². The van der Waals surface area contributed by atoms with Gasteiger partial charge in [-0.2, -0.15) is 0 Å². The van der Waals surface area contributed by atoms with Gasteiger partial charge in [-0.25, -0.2) is 0 Å². The molecule has 104 valence electrons. The molecule has 2 unspecified atom stereocenters. The first-order valence-corrected chi connectivity index (χ1v) is 6.76. The Labute approximate surface area is 118 Å². The first-order valence-electron chi connectivity index (χ1n) is 6.76. The zero-order chi connectivity index (χ0) is 13.9. The van der Waals surface area contributed by atoms with Crippen LogP contribution in [0.15, 0.2) is 42.7 Å². The smallest absolute Gasteiger partial charge is 0.231 e. The van der Waals surface area contributed by atoms with E-state index in [0.717, 1.165) is 11.5 Å². The average Bonchev–Trinajstić information content (AvgIpc) is 2.96.